The Balaban J connectivity index is 1.36. The maximum Gasteiger partial charge on any atom is 0.225 e. The Hall–Kier alpha value is -0.610. The maximum atomic E-state index is 12.3. The highest BCUT2D eigenvalue weighted by Crippen LogP contribution is 2.35. The van der Waals surface area contributed by atoms with E-state index >= 15 is 0 Å². The van der Waals surface area contributed by atoms with Gasteiger partial charge in [0.2, 0.25) is 5.91 Å². The summed E-state index contributed by atoms with van der Waals surface area (Å²) in [5.41, 5.74) is 0. The molecule has 1 amide bonds. The summed E-state index contributed by atoms with van der Waals surface area (Å²) in [6, 6.07) is 0.562. The molecule has 19 heavy (non-hydrogen) atoms. The SMILES string of the molecule is O=C(CCOC1CCNCC1)N(CC1CC1)C1CC1. The normalized spacial score (nSPS) is 24.4. The molecule has 2 aliphatic carbocycles. The van der Waals surface area contributed by atoms with Crippen molar-refractivity contribution in [3.8, 4) is 0 Å². The lowest BCUT2D eigenvalue weighted by atomic mass is 10.1. The van der Waals surface area contributed by atoms with Crippen LogP contribution in [0.3, 0.4) is 0 Å². The smallest absolute Gasteiger partial charge is 0.225 e. The second kappa shape index (κ2) is 6.23. The van der Waals surface area contributed by atoms with Crippen LogP contribution in [0.2, 0.25) is 0 Å². The molecule has 0 unspecified atom stereocenters. The molecule has 0 radical (unpaired) electrons. The van der Waals surface area contributed by atoms with Crippen LogP contribution in [0.1, 0.15) is 44.9 Å². The van der Waals surface area contributed by atoms with Crippen LogP contribution in [-0.4, -0.2) is 49.2 Å². The first kappa shape index (κ1) is 13.4. The van der Waals surface area contributed by atoms with Gasteiger partial charge in [0.25, 0.3) is 0 Å². The molecule has 0 atom stereocenters. The van der Waals surface area contributed by atoms with Crippen molar-refractivity contribution >= 4 is 5.91 Å². The summed E-state index contributed by atoms with van der Waals surface area (Å²) in [7, 11) is 0. The number of hydrogen-bond acceptors (Lipinski definition) is 3. The second-order valence-electron chi connectivity index (χ2n) is 6.29. The van der Waals surface area contributed by atoms with E-state index in [1.54, 1.807) is 0 Å². The van der Waals surface area contributed by atoms with E-state index in [0.29, 0.717) is 31.1 Å². The Morgan fingerprint density at radius 2 is 1.84 bits per heavy atom. The third kappa shape index (κ3) is 4.18. The Morgan fingerprint density at radius 1 is 1.11 bits per heavy atom. The van der Waals surface area contributed by atoms with E-state index in [2.05, 4.69) is 10.2 Å². The van der Waals surface area contributed by atoms with Crippen LogP contribution in [0.5, 0.6) is 0 Å². The molecule has 0 bridgehead atoms. The van der Waals surface area contributed by atoms with Crippen molar-refractivity contribution in [3.05, 3.63) is 0 Å². The lowest BCUT2D eigenvalue weighted by Gasteiger charge is -2.25. The predicted molar refractivity (Wildman–Crippen MR) is 73.9 cm³/mol. The number of nitrogens with zero attached hydrogens (tertiary/aromatic N) is 1. The molecule has 0 aromatic heterocycles. The molecular weight excluding hydrogens is 240 g/mol. The number of carbonyl (C=O) groups excluding carboxylic acids is 1. The summed E-state index contributed by atoms with van der Waals surface area (Å²) in [4.78, 5) is 14.4. The first-order chi connectivity index (χ1) is 9.33. The number of hydrogen-bond donors (Lipinski definition) is 1. The molecule has 3 fully saturated rings. The van der Waals surface area contributed by atoms with Gasteiger partial charge in [-0.3, -0.25) is 4.79 Å². The molecule has 0 spiro atoms. The molecule has 4 nitrogen and oxygen atoms in total. The highest BCUT2D eigenvalue weighted by atomic mass is 16.5. The van der Waals surface area contributed by atoms with Gasteiger partial charge in [-0.25, -0.2) is 0 Å². The summed E-state index contributed by atoms with van der Waals surface area (Å²) in [6.07, 6.45) is 8.19. The zero-order valence-corrected chi connectivity index (χ0v) is 11.8. The van der Waals surface area contributed by atoms with Gasteiger partial charge in [-0.2, -0.15) is 0 Å². The van der Waals surface area contributed by atoms with Crippen molar-refractivity contribution < 1.29 is 9.53 Å². The zero-order valence-electron chi connectivity index (χ0n) is 11.8. The summed E-state index contributed by atoms with van der Waals surface area (Å²) in [5.74, 6) is 1.12. The molecule has 1 heterocycles. The number of rotatable bonds is 7. The van der Waals surface area contributed by atoms with E-state index in [9.17, 15) is 4.79 Å². The van der Waals surface area contributed by atoms with Gasteiger partial charge in [0.05, 0.1) is 19.1 Å². The molecule has 1 saturated heterocycles. The fourth-order valence-electron chi connectivity index (χ4n) is 2.84. The molecule has 3 rings (SSSR count). The van der Waals surface area contributed by atoms with E-state index in [1.807, 2.05) is 0 Å². The Labute approximate surface area is 115 Å². The third-order valence-corrected chi connectivity index (χ3v) is 4.42. The molecule has 0 aromatic rings. The van der Waals surface area contributed by atoms with Crippen molar-refractivity contribution in [2.24, 2.45) is 5.92 Å². The summed E-state index contributed by atoms with van der Waals surface area (Å²) in [5, 5.41) is 3.33. The summed E-state index contributed by atoms with van der Waals surface area (Å²) >= 11 is 0. The van der Waals surface area contributed by atoms with Crippen LogP contribution < -0.4 is 5.32 Å². The lowest BCUT2D eigenvalue weighted by molar-refractivity contribution is -0.133. The zero-order chi connectivity index (χ0) is 13.1. The van der Waals surface area contributed by atoms with Gasteiger partial charge in [0.15, 0.2) is 0 Å². The largest absolute Gasteiger partial charge is 0.378 e. The quantitative estimate of drug-likeness (QED) is 0.760. The minimum absolute atomic E-state index is 0.323. The minimum atomic E-state index is 0.323. The van der Waals surface area contributed by atoms with Crippen molar-refractivity contribution in [1.82, 2.24) is 10.2 Å². The van der Waals surface area contributed by atoms with Crippen molar-refractivity contribution in [2.45, 2.75) is 57.1 Å². The first-order valence-corrected chi connectivity index (χ1v) is 7.94. The maximum absolute atomic E-state index is 12.3. The van der Waals surface area contributed by atoms with Crippen LogP contribution in [0.4, 0.5) is 0 Å². The monoisotopic (exact) mass is 266 g/mol. The molecule has 3 aliphatic rings. The van der Waals surface area contributed by atoms with E-state index in [4.69, 9.17) is 4.74 Å². The van der Waals surface area contributed by atoms with Crippen molar-refractivity contribution in [3.63, 3.8) is 0 Å². The highest BCUT2D eigenvalue weighted by molar-refractivity contribution is 5.77. The topological polar surface area (TPSA) is 41.6 Å². The lowest BCUT2D eigenvalue weighted by Crippen LogP contribution is -2.36. The van der Waals surface area contributed by atoms with E-state index in [1.165, 1.54) is 25.7 Å². The first-order valence-electron chi connectivity index (χ1n) is 7.94. The average Bonchev–Trinajstić information content (AvgIpc) is 3.29. The predicted octanol–water partition coefficient (Wildman–Crippen LogP) is 1.55. The highest BCUT2D eigenvalue weighted by Gasteiger charge is 2.36. The summed E-state index contributed by atoms with van der Waals surface area (Å²) < 4.78 is 5.84. The minimum Gasteiger partial charge on any atom is -0.378 e. The molecule has 108 valence electrons. The fourth-order valence-corrected chi connectivity index (χ4v) is 2.84. The van der Waals surface area contributed by atoms with Gasteiger partial charge in [0, 0.05) is 12.6 Å². The number of amides is 1. The van der Waals surface area contributed by atoms with Gasteiger partial charge in [0.1, 0.15) is 0 Å². The molecule has 4 heteroatoms. The Kier molecular flexibility index (Phi) is 4.38. The number of piperidine rings is 1. The van der Waals surface area contributed by atoms with E-state index in [0.717, 1.165) is 38.4 Å². The van der Waals surface area contributed by atoms with Gasteiger partial charge in [-0.05, 0) is 57.5 Å². The molecule has 1 aliphatic heterocycles. The van der Waals surface area contributed by atoms with Crippen LogP contribution in [0, 0.1) is 5.92 Å². The van der Waals surface area contributed by atoms with Gasteiger partial charge < -0.3 is 15.0 Å². The molecule has 0 aromatic carbocycles. The standard InChI is InChI=1S/C15H26N2O2/c18-15(7-10-19-14-5-8-16-9-6-14)17(13-3-4-13)11-12-1-2-12/h12-14,16H,1-11H2. The Bertz CT molecular complexity index is 307. The van der Waals surface area contributed by atoms with E-state index in [-0.39, 0.29) is 0 Å². The van der Waals surface area contributed by atoms with Gasteiger partial charge >= 0.3 is 0 Å². The average molecular weight is 266 g/mol. The van der Waals surface area contributed by atoms with Crippen LogP contribution in [-0.2, 0) is 9.53 Å². The molecular formula is C15H26N2O2. The number of ether oxygens (including phenoxy) is 1. The molecule has 2 saturated carbocycles. The van der Waals surface area contributed by atoms with Crippen molar-refractivity contribution in [1.29, 1.82) is 0 Å². The Morgan fingerprint density at radius 3 is 2.47 bits per heavy atom. The van der Waals surface area contributed by atoms with Crippen molar-refractivity contribution in [2.75, 3.05) is 26.2 Å². The van der Waals surface area contributed by atoms with Crippen LogP contribution >= 0.6 is 0 Å². The summed E-state index contributed by atoms with van der Waals surface area (Å²) in [6.45, 7) is 3.72. The third-order valence-electron chi connectivity index (χ3n) is 4.42. The van der Waals surface area contributed by atoms with E-state index < -0.39 is 0 Å². The van der Waals surface area contributed by atoms with Crippen LogP contribution in [0.15, 0.2) is 0 Å². The van der Waals surface area contributed by atoms with Gasteiger partial charge in [-0.15, -0.1) is 0 Å². The van der Waals surface area contributed by atoms with Gasteiger partial charge in [-0.1, -0.05) is 0 Å². The number of nitrogens with one attached hydrogen (secondary N) is 1. The number of carbonyl (C=O) groups is 1. The second-order valence-corrected chi connectivity index (χ2v) is 6.29. The fraction of sp³-hybridized carbons (Fsp3) is 0.933. The van der Waals surface area contributed by atoms with Crippen LogP contribution in [0.25, 0.3) is 0 Å². The molecule has 1 N–H and O–H groups in total.